The molecule has 0 aliphatic rings. The zero-order valence-electron chi connectivity index (χ0n) is 10.9. The van der Waals surface area contributed by atoms with Gasteiger partial charge in [-0.25, -0.2) is 9.97 Å². The minimum atomic E-state index is -0.0276. The van der Waals surface area contributed by atoms with Crippen LogP contribution in [0, 0.1) is 13.8 Å². The average Bonchev–Trinajstić information content (AvgIpc) is 2.38. The fraction of sp³-hybridized carbons (Fsp3) is 0.286. The second-order valence-corrected chi connectivity index (χ2v) is 4.28. The minimum Gasteiger partial charge on any atom is -0.392 e. The molecule has 0 spiro atoms. The van der Waals surface area contributed by atoms with Crippen LogP contribution in [0.25, 0.3) is 0 Å². The Kier molecular flexibility index (Phi) is 3.58. The third-order valence-electron chi connectivity index (χ3n) is 3.02. The SMILES string of the molecule is Cc1ccccc1N(C)c1ncc(CO)c(C)n1. The number of aliphatic hydroxyl groups is 1. The van der Waals surface area contributed by atoms with Gasteiger partial charge in [-0.1, -0.05) is 18.2 Å². The highest BCUT2D eigenvalue weighted by Gasteiger charge is 2.10. The monoisotopic (exact) mass is 243 g/mol. The molecule has 94 valence electrons. The summed E-state index contributed by atoms with van der Waals surface area (Å²) >= 11 is 0. The van der Waals surface area contributed by atoms with Gasteiger partial charge in [-0.05, 0) is 25.5 Å². The van der Waals surface area contributed by atoms with Gasteiger partial charge in [0.2, 0.25) is 5.95 Å². The number of para-hydroxylation sites is 1. The van der Waals surface area contributed by atoms with E-state index in [4.69, 9.17) is 5.11 Å². The molecule has 0 saturated heterocycles. The van der Waals surface area contributed by atoms with E-state index >= 15 is 0 Å². The highest BCUT2D eigenvalue weighted by Crippen LogP contribution is 2.23. The number of benzene rings is 1. The Morgan fingerprint density at radius 1 is 1.22 bits per heavy atom. The van der Waals surface area contributed by atoms with Gasteiger partial charge in [0.05, 0.1) is 6.61 Å². The Hall–Kier alpha value is -1.94. The highest BCUT2D eigenvalue weighted by atomic mass is 16.3. The summed E-state index contributed by atoms with van der Waals surface area (Å²) in [5.74, 6) is 0.638. The number of rotatable bonds is 3. The van der Waals surface area contributed by atoms with Gasteiger partial charge in [-0.3, -0.25) is 0 Å². The van der Waals surface area contributed by atoms with Gasteiger partial charge in [0.15, 0.2) is 0 Å². The quantitative estimate of drug-likeness (QED) is 0.899. The van der Waals surface area contributed by atoms with Crippen molar-refractivity contribution in [3.05, 3.63) is 47.3 Å². The first-order chi connectivity index (χ1) is 8.63. The van der Waals surface area contributed by atoms with E-state index in [0.717, 1.165) is 16.9 Å². The average molecular weight is 243 g/mol. The van der Waals surface area contributed by atoms with Crippen molar-refractivity contribution in [3.8, 4) is 0 Å². The van der Waals surface area contributed by atoms with Crippen LogP contribution in [0.3, 0.4) is 0 Å². The summed E-state index contributed by atoms with van der Waals surface area (Å²) in [5, 5.41) is 9.12. The molecule has 0 aliphatic carbocycles. The molecule has 0 fully saturated rings. The van der Waals surface area contributed by atoms with Crippen LogP contribution in [0.15, 0.2) is 30.5 Å². The van der Waals surface area contributed by atoms with E-state index in [1.807, 2.05) is 37.1 Å². The van der Waals surface area contributed by atoms with Crippen molar-refractivity contribution in [1.82, 2.24) is 9.97 Å². The molecular formula is C14H17N3O. The number of hydrogen-bond donors (Lipinski definition) is 1. The van der Waals surface area contributed by atoms with E-state index in [1.54, 1.807) is 6.20 Å². The summed E-state index contributed by atoms with van der Waals surface area (Å²) in [5.41, 5.74) is 3.82. The van der Waals surface area contributed by atoms with Crippen LogP contribution in [-0.4, -0.2) is 22.1 Å². The van der Waals surface area contributed by atoms with Crippen molar-refractivity contribution < 1.29 is 5.11 Å². The standard InChI is InChI=1S/C14H17N3O/c1-10-6-4-5-7-13(10)17(3)14-15-8-12(9-18)11(2)16-14/h4-8,18H,9H2,1-3H3. The Balaban J connectivity index is 2.37. The molecule has 0 aliphatic heterocycles. The molecular weight excluding hydrogens is 226 g/mol. The summed E-state index contributed by atoms with van der Waals surface area (Å²) in [6, 6.07) is 8.09. The smallest absolute Gasteiger partial charge is 0.229 e. The molecule has 0 unspecified atom stereocenters. The molecule has 0 atom stereocenters. The largest absolute Gasteiger partial charge is 0.392 e. The fourth-order valence-corrected chi connectivity index (χ4v) is 1.84. The molecule has 0 bridgehead atoms. The molecule has 4 nitrogen and oxygen atoms in total. The Bertz CT molecular complexity index is 554. The third-order valence-corrected chi connectivity index (χ3v) is 3.02. The number of hydrogen-bond acceptors (Lipinski definition) is 4. The molecule has 1 heterocycles. The summed E-state index contributed by atoms with van der Waals surface area (Å²) in [7, 11) is 1.94. The maximum absolute atomic E-state index is 9.12. The lowest BCUT2D eigenvalue weighted by Gasteiger charge is -2.19. The summed E-state index contributed by atoms with van der Waals surface area (Å²) in [4.78, 5) is 10.6. The van der Waals surface area contributed by atoms with Crippen LogP contribution >= 0.6 is 0 Å². The Morgan fingerprint density at radius 2 is 1.94 bits per heavy atom. The predicted molar refractivity (Wildman–Crippen MR) is 71.9 cm³/mol. The zero-order chi connectivity index (χ0) is 13.1. The Morgan fingerprint density at radius 3 is 2.56 bits per heavy atom. The van der Waals surface area contributed by atoms with Gasteiger partial charge in [0.1, 0.15) is 0 Å². The van der Waals surface area contributed by atoms with Gasteiger partial charge in [0.25, 0.3) is 0 Å². The van der Waals surface area contributed by atoms with Crippen molar-refractivity contribution in [3.63, 3.8) is 0 Å². The first-order valence-electron chi connectivity index (χ1n) is 5.86. The molecule has 18 heavy (non-hydrogen) atoms. The second kappa shape index (κ2) is 5.14. The fourth-order valence-electron chi connectivity index (χ4n) is 1.84. The first-order valence-corrected chi connectivity index (χ1v) is 5.86. The van der Waals surface area contributed by atoms with Gasteiger partial charge in [-0.15, -0.1) is 0 Å². The van der Waals surface area contributed by atoms with Gasteiger partial charge in [-0.2, -0.15) is 0 Å². The minimum absolute atomic E-state index is 0.0276. The van der Waals surface area contributed by atoms with E-state index in [2.05, 4.69) is 23.0 Å². The lowest BCUT2D eigenvalue weighted by molar-refractivity contribution is 0.280. The van der Waals surface area contributed by atoms with Gasteiger partial charge < -0.3 is 10.0 Å². The number of anilines is 2. The Labute approximate surface area is 107 Å². The lowest BCUT2D eigenvalue weighted by Crippen LogP contribution is -2.15. The summed E-state index contributed by atoms with van der Waals surface area (Å²) < 4.78 is 0. The predicted octanol–water partition coefficient (Wildman–Crippen LogP) is 2.35. The lowest BCUT2D eigenvalue weighted by atomic mass is 10.2. The van der Waals surface area contributed by atoms with Gasteiger partial charge >= 0.3 is 0 Å². The maximum atomic E-state index is 9.12. The van der Waals surface area contributed by atoms with Crippen LogP contribution in [0.4, 0.5) is 11.6 Å². The normalized spacial score (nSPS) is 10.4. The molecule has 0 amide bonds. The van der Waals surface area contributed by atoms with Crippen LogP contribution in [0.5, 0.6) is 0 Å². The van der Waals surface area contributed by atoms with E-state index in [0.29, 0.717) is 5.95 Å². The van der Waals surface area contributed by atoms with E-state index in [1.165, 1.54) is 5.56 Å². The maximum Gasteiger partial charge on any atom is 0.229 e. The molecule has 2 rings (SSSR count). The zero-order valence-corrected chi connectivity index (χ0v) is 10.9. The number of aliphatic hydroxyl groups excluding tert-OH is 1. The topological polar surface area (TPSA) is 49.2 Å². The van der Waals surface area contributed by atoms with Crippen LogP contribution in [-0.2, 0) is 6.61 Å². The van der Waals surface area contributed by atoms with Gasteiger partial charge in [0, 0.05) is 30.2 Å². The van der Waals surface area contributed by atoms with Crippen LogP contribution in [0.1, 0.15) is 16.8 Å². The molecule has 4 heteroatoms. The summed E-state index contributed by atoms with van der Waals surface area (Å²) in [6.45, 7) is 3.91. The molecule has 1 N–H and O–H groups in total. The second-order valence-electron chi connectivity index (χ2n) is 4.28. The molecule has 1 aromatic heterocycles. The molecule has 2 aromatic rings. The van der Waals surface area contributed by atoms with E-state index < -0.39 is 0 Å². The van der Waals surface area contributed by atoms with Crippen molar-refractivity contribution in [2.45, 2.75) is 20.5 Å². The highest BCUT2D eigenvalue weighted by molar-refractivity contribution is 5.60. The van der Waals surface area contributed by atoms with Crippen LogP contribution in [0.2, 0.25) is 0 Å². The number of aromatic nitrogens is 2. The number of nitrogens with zero attached hydrogens (tertiary/aromatic N) is 3. The van der Waals surface area contributed by atoms with Crippen molar-refractivity contribution >= 4 is 11.6 Å². The molecule has 0 radical (unpaired) electrons. The summed E-state index contributed by atoms with van der Waals surface area (Å²) in [6.07, 6.45) is 1.67. The molecule has 1 aromatic carbocycles. The number of aryl methyl sites for hydroxylation is 2. The molecule has 0 saturated carbocycles. The van der Waals surface area contributed by atoms with Crippen molar-refractivity contribution in [1.29, 1.82) is 0 Å². The first kappa shape index (κ1) is 12.5. The van der Waals surface area contributed by atoms with Crippen molar-refractivity contribution in [2.75, 3.05) is 11.9 Å². The van der Waals surface area contributed by atoms with Crippen molar-refractivity contribution in [2.24, 2.45) is 0 Å². The van der Waals surface area contributed by atoms with E-state index in [-0.39, 0.29) is 6.61 Å². The van der Waals surface area contributed by atoms with Crippen LogP contribution < -0.4 is 4.90 Å². The third kappa shape index (κ3) is 2.33. The van der Waals surface area contributed by atoms with E-state index in [9.17, 15) is 0 Å².